The van der Waals surface area contributed by atoms with Gasteiger partial charge < -0.3 is 9.64 Å². The number of aromatic nitrogens is 1. The van der Waals surface area contributed by atoms with E-state index in [-0.39, 0.29) is 16.6 Å². The Kier molecular flexibility index (Phi) is 5.92. The van der Waals surface area contributed by atoms with Crippen LogP contribution in [0.4, 0.5) is 24.5 Å². The molecule has 6 nitrogen and oxygen atoms in total. The molecule has 1 atom stereocenters. The van der Waals surface area contributed by atoms with Gasteiger partial charge in [-0.05, 0) is 23.3 Å². The Morgan fingerprint density at radius 3 is 2.53 bits per heavy atom. The van der Waals surface area contributed by atoms with E-state index < -0.39 is 22.8 Å². The van der Waals surface area contributed by atoms with Gasteiger partial charge >= 0.3 is 6.18 Å². The summed E-state index contributed by atoms with van der Waals surface area (Å²) in [6, 6.07) is 15.2. The number of nitro groups is 1. The lowest BCUT2D eigenvalue weighted by atomic mass is 10.0. The Morgan fingerprint density at radius 1 is 1.12 bits per heavy atom. The van der Waals surface area contributed by atoms with Crippen LogP contribution in [0.25, 0.3) is 11.1 Å². The predicted octanol–water partition coefficient (Wildman–Crippen LogP) is 5.99. The second-order valence-electron chi connectivity index (χ2n) is 7.31. The van der Waals surface area contributed by atoms with E-state index in [1.54, 1.807) is 6.07 Å². The van der Waals surface area contributed by atoms with Gasteiger partial charge in [-0.1, -0.05) is 48.0 Å². The number of anilines is 1. The van der Waals surface area contributed by atoms with Crippen LogP contribution < -0.4 is 9.64 Å². The van der Waals surface area contributed by atoms with Crippen LogP contribution >= 0.6 is 11.6 Å². The van der Waals surface area contributed by atoms with Crippen LogP contribution in [0.2, 0.25) is 5.02 Å². The van der Waals surface area contributed by atoms with Crippen LogP contribution in [-0.2, 0) is 6.18 Å². The Balaban J connectivity index is 1.51. The van der Waals surface area contributed by atoms with E-state index in [0.717, 1.165) is 17.2 Å². The van der Waals surface area contributed by atoms with E-state index in [1.165, 1.54) is 6.07 Å². The number of ether oxygens (including phenoxy) is 1. The molecule has 2 heterocycles. The number of hydrogen-bond donors (Lipinski definition) is 0. The number of hydrogen-bond acceptors (Lipinski definition) is 5. The van der Waals surface area contributed by atoms with Crippen molar-refractivity contribution in [3.05, 3.63) is 81.5 Å². The topological polar surface area (TPSA) is 68.5 Å². The van der Waals surface area contributed by atoms with Crippen LogP contribution in [-0.4, -0.2) is 29.1 Å². The van der Waals surface area contributed by atoms with Crippen molar-refractivity contribution >= 4 is 23.0 Å². The maximum atomic E-state index is 12.8. The van der Waals surface area contributed by atoms with Crippen molar-refractivity contribution in [3.63, 3.8) is 0 Å². The standard InChI is InChI=1S/C22H17ClF3N3O3/c23-18-11-16(22(24,25)26)12-27-21(18)32-17-8-9-28(13-17)19-7-6-15(10-20(19)29(30)31)14-4-2-1-3-5-14/h1-7,10-12,17H,8-9,13H2. The summed E-state index contributed by atoms with van der Waals surface area (Å²) in [5.41, 5.74) is 1.06. The van der Waals surface area contributed by atoms with Crippen molar-refractivity contribution < 1.29 is 22.8 Å². The molecule has 0 saturated carbocycles. The normalized spacial score (nSPS) is 16.2. The third-order valence-electron chi connectivity index (χ3n) is 5.18. The summed E-state index contributed by atoms with van der Waals surface area (Å²) < 4.78 is 44.0. The van der Waals surface area contributed by atoms with Gasteiger partial charge in [0.05, 0.1) is 17.0 Å². The van der Waals surface area contributed by atoms with Gasteiger partial charge in [-0.25, -0.2) is 4.98 Å². The molecular formula is C22H17ClF3N3O3. The molecule has 1 saturated heterocycles. The molecule has 166 valence electrons. The summed E-state index contributed by atoms with van der Waals surface area (Å²) in [6.07, 6.45) is -3.80. The number of benzene rings is 2. The van der Waals surface area contributed by atoms with Gasteiger partial charge in [-0.3, -0.25) is 10.1 Å². The Labute approximate surface area is 186 Å². The van der Waals surface area contributed by atoms with Crippen molar-refractivity contribution in [2.45, 2.75) is 18.7 Å². The highest BCUT2D eigenvalue weighted by Gasteiger charge is 2.33. The highest BCUT2D eigenvalue weighted by Crippen LogP contribution is 2.37. The molecule has 0 N–H and O–H groups in total. The SMILES string of the molecule is O=[N+]([O-])c1cc(-c2ccccc2)ccc1N1CCC(Oc2ncc(C(F)(F)F)cc2Cl)C1. The zero-order chi connectivity index (χ0) is 22.9. The molecule has 0 amide bonds. The third-order valence-corrected chi connectivity index (χ3v) is 5.45. The summed E-state index contributed by atoms with van der Waals surface area (Å²) in [7, 11) is 0. The predicted molar refractivity (Wildman–Crippen MR) is 114 cm³/mol. The minimum atomic E-state index is -4.55. The lowest BCUT2D eigenvalue weighted by Gasteiger charge is -2.19. The van der Waals surface area contributed by atoms with Gasteiger partial charge in [0.15, 0.2) is 0 Å². The van der Waals surface area contributed by atoms with Gasteiger partial charge in [0.2, 0.25) is 5.88 Å². The van der Waals surface area contributed by atoms with Gasteiger partial charge in [0.1, 0.15) is 16.8 Å². The lowest BCUT2D eigenvalue weighted by molar-refractivity contribution is -0.384. The summed E-state index contributed by atoms with van der Waals surface area (Å²) in [4.78, 5) is 16.8. The number of rotatable bonds is 5. The molecule has 0 bridgehead atoms. The molecule has 4 rings (SSSR count). The van der Waals surface area contributed by atoms with E-state index in [1.807, 2.05) is 41.3 Å². The van der Waals surface area contributed by atoms with Gasteiger partial charge in [-0.15, -0.1) is 0 Å². The lowest BCUT2D eigenvalue weighted by Crippen LogP contribution is -2.25. The molecule has 1 unspecified atom stereocenters. The largest absolute Gasteiger partial charge is 0.471 e. The van der Waals surface area contributed by atoms with E-state index in [9.17, 15) is 23.3 Å². The average Bonchev–Trinajstić information content (AvgIpc) is 3.23. The van der Waals surface area contributed by atoms with E-state index >= 15 is 0 Å². The summed E-state index contributed by atoms with van der Waals surface area (Å²) in [6.45, 7) is 0.791. The third kappa shape index (κ3) is 4.62. The Bertz CT molecular complexity index is 1140. The van der Waals surface area contributed by atoms with Crippen molar-refractivity contribution in [2.24, 2.45) is 0 Å². The highest BCUT2D eigenvalue weighted by molar-refractivity contribution is 6.31. The number of pyridine rings is 1. The molecule has 1 aliphatic heterocycles. The average molecular weight is 464 g/mol. The maximum absolute atomic E-state index is 12.8. The Morgan fingerprint density at radius 2 is 1.88 bits per heavy atom. The van der Waals surface area contributed by atoms with Crippen molar-refractivity contribution in [2.75, 3.05) is 18.0 Å². The first-order chi connectivity index (χ1) is 15.2. The van der Waals surface area contributed by atoms with Gasteiger partial charge in [-0.2, -0.15) is 13.2 Å². The van der Waals surface area contributed by atoms with Crippen LogP contribution in [0, 0.1) is 10.1 Å². The molecule has 0 spiro atoms. The molecule has 32 heavy (non-hydrogen) atoms. The zero-order valence-corrected chi connectivity index (χ0v) is 17.3. The fourth-order valence-corrected chi connectivity index (χ4v) is 3.83. The molecule has 1 aliphatic rings. The van der Waals surface area contributed by atoms with Crippen LogP contribution in [0.15, 0.2) is 60.8 Å². The van der Waals surface area contributed by atoms with Crippen LogP contribution in [0.1, 0.15) is 12.0 Å². The molecule has 3 aromatic rings. The number of alkyl halides is 3. The van der Waals surface area contributed by atoms with Crippen molar-refractivity contribution in [1.29, 1.82) is 0 Å². The van der Waals surface area contributed by atoms with Gasteiger partial charge in [0, 0.05) is 25.2 Å². The quantitative estimate of drug-likeness (QED) is 0.343. The number of nitro benzene ring substituents is 1. The number of nitrogens with zero attached hydrogens (tertiary/aromatic N) is 3. The van der Waals surface area contributed by atoms with Crippen molar-refractivity contribution in [3.8, 4) is 17.0 Å². The van der Waals surface area contributed by atoms with Gasteiger partial charge in [0.25, 0.3) is 5.69 Å². The minimum absolute atomic E-state index is 0.0299. The summed E-state index contributed by atoms with van der Waals surface area (Å²) in [5.74, 6) is -0.0968. The molecule has 10 heteroatoms. The number of halogens is 4. The smallest absolute Gasteiger partial charge is 0.417 e. The molecule has 1 fully saturated rings. The zero-order valence-electron chi connectivity index (χ0n) is 16.6. The van der Waals surface area contributed by atoms with E-state index in [4.69, 9.17) is 16.3 Å². The molecule has 0 aliphatic carbocycles. The maximum Gasteiger partial charge on any atom is 0.417 e. The highest BCUT2D eigenvalue weighted by atomic mass is 35.5. The second-order valence-corrected chi connectivity index (χ2v) is 7.72. The molecule has 1 aromatic heterocycles. The van der Waals surface area contributed by atoms with E-state index in [2.05, 4.69) is 4.98 Å². The molecule has 0 radical (unpaired) electrons. The van der Waals surface area contributed by atoms with Crippen LogP contribution in [0.3, 0.4) is 0 Å². The van der Waals surface area contributed by atoms with Crippen LogP contribution in [0.5, 0.6) is 5.88 Å². The molecule has 2 aromatic carbocycles. The fraction of sp³-hybridized carbons (Fsp3) is 0.227. The van der Waals surface area contributed by atoms with Crippen molar-refractivity contribution in [1.82, 2.24) is 4.98 Å². The second kappa shape index (κ2) is 8.66. The summed E-state index contributed by atoms with van der Waals surface area (Å²) in [5, 5.41) is 11.5. The van der Waals surface area contributed by atoms with E-state index in [0.29, 0.717) is 31.4 Å². The molecular weight excluding hydrogens is 447 g/mol. The first-order valence-electron chi connectivity index (χ1n) is 9.70. The minimum Gasteiger partial charge on any atom is -0.471 e. The Hall–Kier alpha value is -3.33. The fourth-order valence-electron chi connectivity index (χ4n) is 3.62. The summed E-state index contributed by atoms with van der Waals surface area (Å²) >= 11 is 5.92. The first kappa shape index (κ1) is 21.9. The first-order valence-corrected chi connectivity index (χ1v) is 10.1. The monoisotopic (exact) mass is 463 g/mol.